The van der Waals surface area contributed by atoms with E-state index in [-0.39, 0.29) is 0 Å². The summed E-state index contributed by atoms with van der Waals surface area (Å²) in [5, 5.41) is 0. The summed E-state index contributed by atoms with van der Waals surface area (Å²) in [6, 6.07) is 0. The summed E-state index contributed by atoms with van der Waals surface area (Å²) in [6.45, 7) is 11.7. The van der Waals surface area contributed by atoms with Gasteiger partial charge in [0.05, 0.1) is 6.10 Å². The molecule has 0 heterocycles. The van der Waals surface area contributed by atoms with E-state index < -0.39 is 0 Å². The maximum atomic E-state index is 5.46. The van der Waals surface area contributed by atoms with E-state index in [1.807, 2.05) is 0 Å². The lowest BCUT2D eigenvalue weighted by atomic mass is 9.99. The first kappa shape index (κ1) is 9.96. The second-order valence-corrected chi connectivity index (χ2v) is 3.60. The molecule has 1 nitrogen and oxygen atoms in total. The summed E-state index contributed by atoms with van der Waals surface area (Å²) >= 11 is 0. The molecule has 0 aliphatic carbocycles. The number of ether oxygens (including phenoxy) is 1. The normalized spacial score (nSPS) is 14.7. The molecular weight excluding hydrogens is 124 g/mol. The van der Waals surface area contributed by atoms with Gasteiger partial charge in [0.15, 0.2) is 0 Å². The van der Waals surface area contributed by atoms with Crippen LogP contribution in [-0.4, -0.2) is 12.7 Å². The van der Waals surface area contributed by atoms with E-state index in [9.17, 15) is 0 Å². The van der Waals surface area contributed by atoms with Crippen molar-refractivity contribution in [2.45, 2.75) is 40.7 Å². The van der Waals surface area contributed by atoms with Crippen LogP contribution in [0, 0.1) is 11.8 Å². The van der Waals surface area contributed by atoms with Crippen molar-refractivity contribution in [3.8, 4) is 0 Å². The highest BCUT2D eigenvalue weighted by molar-refractivity contribution is 4.55. The number of hydrogen-bond acceptors (Lipinski definition) is 1. The van der Waals surface area contributed by atoms with Gasteiger partial charge in [-0.25, -0.2) is 0 Å². The summed E-state index contributed by atoms with van der Waals surface area (Å²) in [7, 11) is 0. The van der Waals surface area contributed by atoms with E-state index in [4.69, 9.17) is 4.74 Å². The van der Waals surface area contributed by atoms with Gasteiger partial charge < -0.3 is 4.74 Å². The largest absolute Gasteiger partial charge is 0.379 e. The van der Waals surface area contributed by atoms with E-state index in [1.165, 1.54) is 0 Å². The van der Waals surface area contributed by atoms with Gasteiger partial charge >= 0.3 is 0 Å². The minimum Gasteiger partial charge on any atom is -0.379 e. The molecule has 0 fully saturated rings. The molecule has 0 aromatic rings. The Hall–Kier alpha value is -0.0400. The smallest absolute Gasteiger partial charge is 0.0519 e. The van der Waals surface area contributed by atoms with Crippen LogP contribution in [0.4, 0.5) is 0 Å². The third-order valence-electron chi connectivity index (χ3n) is 1.83. The van der Waals surface area contributed by atoms with Crippen LogP contribution in [0.15, 0.2) is 0 Å². The lowest BCUT2D eigenvalue weighted by molar-refractivity contribution is 0.0443. The fourth-order valence-corrected chi connectivity index (χ4v) is 0.537. The molecule has 0 amide bonds. The third-order valence-corrected chi connectivity index (χ3v) is 1.83. The Morgan fingerprint density at radius 3 is 1.80 bits per heavy atom. The predicted molar refractivity (Wildman–Crippen MR) is 45.1 cm³/mol. The summed E-state index contributed by atoms with van der Waals surface area (Å²) in [4.78, 5) is 0. The topological polar surface area (TPSA) is 9.23 Å². The molecule has 0 bridgehead atoms. The molecule has 0 radical (unpaired) electrons. The average Bonchev–Trinajstić information content (AvgIpc) is 1.82. The molecule has 1 heteroatoms. The maximum Gasteiger partial charge on any atom is 0.0519 e. The van der Waals surface area contributed by atoms with Crippen molar-refractivity contribution in [3.05, 3.63) is 0 Å². The molecule has 0 N–H and O–H groups in total. The van der Waals surface area contributed by atoms with Crippen LogP contribution >= 0.6 is 0 Å². The molecule has 0 aromatic carbocycles. The third kappa shape index (κ3) is 4.80. The Labute approximate surface area is 64.8 Å². The first-order valence-electron chi connectivity index (χ1n) is 4.15. The molecule has 0 spiro atoms. The van der Waals surface area contributed by atoms with Crippen LogP contribution < -0.4 is 0 Å². The molecule has 0 rings (SSSR count). The van der Waals surface area contributed by atoms with Gasteiger partial charge in [-0.3, -0.25) is 0 Å². The van der Waals surface area contributed by atoms with Crippen LogP contribution in [0.5, 0.6) is 0 Å². The highest BCUT2D eigenvalue weighted by atomic mass is 16.5. The Morgan fingerprint density at radius 2 is 1.50 bits per heavy atom. The second kappa shape index (κ2) is 4.73. The molecule has 0 aliphatic heterocycles. The van der Waals surface area contributed by atoms with Crippen molar-refractivity contribution < 1.29 is 4.74 Å². The van der Waals surface area contributed by atoms with E-state index in [0.717, 1.165) is 12.5 Å². The zero-order valence-corrected chi connectivity index (χ0v) is 7.85. The van der Waals surface area contributed by atoms with Crippen molar-refractivity contribution in [1.82, 2.24) is 0 Å². The van der Waals surface area contributed by atoms with Crippen LogP contribution in [0.25, 0.3) is 0 Å². The minimum atomic E-state index is 0.376. The molecular formula is C9H20O. The maximum absolute atomic E-state index is 5.46. The van der Waals surface area contributed by atoms with Crippen molar-refractivity contribution in [2.75, 3.05) is 6.61 Å². The van der Waals surface area contributed by atoms with Gasteiger partial charge in [-0.15, -0.1) is 0 Å². The van der Waals surface area contributed by atoms with Crippen molar-refractivity contribution >= 4 is 0 Å². The van der Waals surface area contributed by atoms with Crippen molar-refractivity contribution in [3.63, 3.8) is 0 Å². The van der Waals surface area contributed by atoms with Gasteiger partial charge in [-0.05, 0) is 25.7 Å². The Morgan fingerprint density at radius 1 is 1.00 bits per heavy atom. The quantitative estimate of drug-likeness (QED) is 0.589. The first-order chi connectivity index (χ1) is 4.54. The summed E-state index contributed by atoms with van der Waals surface area (Å²) in [6.07, 6.45) is 0.376. The number of rotatable bonds is 4. The van der Waals surface area contributed by atoms with Gasteiger partial charge in [-0.2, -0.15) is 0 Å². The van der Waals surface area contributed by atoms with Gasteiger partial charge in [0.25, 0.3) is 0 Å². The summed E-state index contributed by atoms with van der Waals surface area (Å²) in [5.74, 6) is 1.42. The summed E-state index contributed by atoms with van der Waals surface area (Å²) < 4.78 is 5.46. The first-order valence-corrected chi connectivity index (χ1v) is 4.15. The van der Waals surface area contributed by atoms with E-state index >= 15 is 0 Å². The Bertz CT molecular complexity index is 76.8. The average molecular weight is 144 g/mol. The zero-order chi connectivity index (χ0) is 8.15. The lowest BCUT2D eigenvalue weighted by Crippen LogP contribution is -2.15. The lowest BCUT2D eigenvalue weighted by Gasteiger charge is -2.16. The monoisotopic (exact) mass is 144 g/mol. The van der Waals surface area contributed by atoms with E-state index in [0.29, 0.717) is 12.0 Å². The zero-order valence-electron chi connectivity index (χ0n) is 7.85. The highest BCUT2D eigenvalue weighted by Crippen LogP contribution is 2.10. The van der Waals surface area contributed by atoms with Crippen molar-refractivity contribution in [2.24, 2.45) is 11.8 Å². The second-order valence-electron chi connectivity index (χ2n) is 3.60. The standard InChI is InChI=1S/C9H20O/c1-7(2)9(5)6-10-8(3)4/h7-9H,6H2,1-5H3/t9-/m1/s1. The van der Waals surface area contributed by atoms with Crippen LogP contribution in [0.2, 0.25) is 0 Å². The fourth-order valence-electron chi connectivity index (χ4n) is 0.537. The molecule has 0 aromatic heterocycles. The van der Waals surface area contributed by atoms with Gasteiger partial charge in [-0.1, -0.05) is 20.8 Å². The molecule has 1 atom stereocenters. The molecule has 62 valence electrons. The molecule has 10 heavy (non-hydrogen) atoms. The fraction of sp³-hybridized carbons (Fsp3) is 1.00. The predicted octanol–water partition coefficient (Wildman–Crippen LogP) is 2.70. The molecule has 0 saturated heterocycles. The molecule has 0 saturated carbocycles. The molecule has 0 aliphatic rings. The van der Waals surface area contributed by atoms with Crippen LogP contribution in [0.1, 0.15) is 34.6 Å². The van der Waals surface area contributed by atoms with Gasteiger partial charge in [0.2, 0.25) is 0 Å². The van der Waals surface area contributed by atoms with Crippen LogP contribution in [-0.2, 0) is 4.74 Å². The Kier molecular flexibility index (Phi) is 4.71. The van der Waals surface area contributed by atoms with E-state index in [2.05, 4.69) is 34.6 Å². The SMILES string of the molecule is CC(C)OC[C@@H](C)C(C)C. The minimum absolute atomic E-state index is 0.376. The van der Waals surface area contributed by atoms with E-state index in [1.54, 1.807) is 0 Å². The molecule has 0 unspecified atom stereocenters. The van der Waals surface area contributed by atoms with Crippen LogP contribution in [0.3, 0.4) is 0 Å². The summed E-state index contributed by atoms with van der Waals surface area (Å²) in [5.41, 5.74) is 0. The Balaban J connectivity index is 3.30. The van der Waals surface area contributed by atoms with Gasteiger partial charge in [0, 0.05) is 6.61 Å². The van der Waals surface area contributed by atoms with Gasteiger partial charge in [0.1, 0.15) is 0 Å². The number of hydrogen-bond donors (Lipinski definition) is 0. The highest BCUT2D eigenvalue weighted by Gasteiger charge is 2.07. The van der Waals surface area contributed by atoms with Crippen molar-refractivity contribution in [1.29, 1.82) is 0 Å².